The highest BCUT2D eigenvalue weighted by atomic mass is 16.5. The molecule has 0 aromatic heterocycles. The second-order valence-electron chi connectivity index (χ2n) is 7.68. The Hall–Kier alpha value is -3.79. The normalized spacial score (nSPS) is 14.3. The predicted molar refractivity (Wildman–Crippen MR) is 119 cm³/mol. The molecule has 2 aromatic rings. The Morgan fingerprint density at radius 3 is 2.62 bits per heavy atom. The van der Waals surface area contributed by atoms with E-state index in [1.807, 2.05) is 6.07 Å². The van der Waals surface area contributed by atoms with Gasteiger partial charge in [0, 0.05) is 6.04 Å². The molecule has 2 N–H and O–H groups in total. The van der Waals surface area contributed by atoms with Crippen molar-refractivity contribution in [2.24, 2.45) is 0 Å². The number of carboxylic acid groups (broad SMARTS) is 1. The number of methoxy groups -OCH3 is 1. The number of hydrogen-bond donors (Lipinski definition) is 2. The van der Waals surface area contributed by atoms with Crippen molar-refractivity contribution in [3.63, 3.8) is 0 Å². The van der Waals surface area contributed by atoms with Gasteiger partial charge in [-0.2, -0.15) is 5.26 Å². The quantitative estimate of drug-likeness (QED) is 0.473. The number of hydrogen-bond acceptors (Lipinski definition) is 5. The van der Waals surface area contributed by atoms with Crippen molar-refractivity contribution in [2.45, 2.75) is 44.8 Å². The number of carbonyl (C=O) groups excluding carboxylic acids is 1. The van der Waals surface area contributed by atoms with Gasteiger partial charge in [0.05, 0.1) is 12.7 Å². The van der Waals surface area contributed by atoms with Crippen LogP contribution in [0.15, 0.2) is 48.0 Å². The summed E-state index contributed by atoms with van der Waals surface area (Å²) >= 11 is 0. The van der Waals surface area contributed by atoms with Gasteiger partial charge in [-0.05, 0) is 54.3 Å². The Morgan fingerprint density at radius 2 is 1.94 bits per heavy atom. The summed E-state index contributed by atoms with van der Waals surface area (Å²) in [6.45, 7) is 0.167. The molecular weight excluding hydrogens is 408 g/mol. The standard InChI is InChI=1S/C25H26N2O5/c1-31-23-14-17(12-20(15-26)24(28)27-21-8-3-2-4-9-21)10-11-22(23)32-16-18-6-5-7-19(13-18)25(29)30/h5-7,10-14,21H,2-4,8-9,16H2,1H3,(H,27,28)(H,29,30)/b20-12+. The topological polar surface area (TPSA) is 109 Å². The summed E-state index contributed by atoms with van der Waals surface area (Å²) in [5.41, 5.74) is 1.57. The molecule has 0 radical (unpaired) electrons. The van der Waals surface area contributed by atoms with Crippen molar-refractivity contribution in [1.82, 2.24) is 5.32 Å². The van der Waals surface area contributed by atoms with Gasteiger partial charge in [-0.25, -0.2) is 4.79 Å². The van der Waals surface area contributed by atoms with Crippen LogP contribution in [0.2, 0.25) is 0 Å². The molecule has 0 bridgehead atoms. The highest BCUT2D eigenvalue weighted by Gasteiger charge is 2.18. The smallest absolute Gasteiger partial charge is 0.335 e. The molecule has 1 aliphatic rings. The first-order valence-corrected chi connectivity index (χ1v) is 10.6. The van der Waals surface area contributed by atoms with Gasteiger partial charge in [-0.3, -0.25) is 4.79 Å². The molecule has 1 saturated carbocycles. The minimum absolute atomic E-state index is 0.0387. The van der Waals surface area contributed by atoms with Crippen LogP contribution in [-0.2, 0) is 11.4 Å². The van der Waals surface area contributed by atoms with Gasteiger partial charge in [0.2, 0.25) is 0 Å². The Balaban J connectivity index is 1.70. The van der Waals surface area contributed by atoms with Crippen LogP contribution in [0.3, 0.4) is 0 Å². The van der Waals surface area contributed by atoms with Crippen LogP contribution >= 0.6 is 0 Å². The summed E-state index contributed by atoms with van der Waals surface area (Å²) < 4.78 is 11.2. The summed E-state index contributed by atoms with van der Waals surface area (Å²) in [4.78, 5) is 23.6. The minimum Gasteiger partial charge on any atom is -0.493 e. The molecule has 0 atom stereocenters. The Bertz CT molecular complexity index is 1050. The van der Waals surface area contributed by atoms with E-state index in [0.717, 1.165) is 25.7 Å². The molecule has 7 nitrogen and oxygen atoms in total. The van der Waals surface area contributed by atoms with E-state index in [1.165, 1.54) is 25.7 Å². The molecule has 0 spiro atoms. The summed E-state index contributed by atoms with van der Waals surface area (Å²) in [5.74, 6) is -0.452. The fourth-order valence-corrected chi connectivity index (χ4v) is 3.67. The fourth-order valence-electron chi connectivity index (χ4n) is 3.67. The van der Waals surface area contributed by atoms with Gasteiger partial charge in [-0.15, -0.1) is 0 Å². The lowest BCUT2D eigenvalue weighted by molar-refractivity contribution is -0.117. The largest absolute Gasteiger partial charge is 0.493 e. The van der Waals surface area contributed by atoms with Gasteiger partial charge >= 0.3 is 5.97 Å². The van der Waals surface area contributed by atoms with E-state index in [-0.39, 0.29) is 29.7 Å². The van der Waals surface area contributed by atoms with Crippen LogP contribution in [0.4, 0.5) is 0 Å². The molecule has 7 heteroatoms. The van der Waals surface area contributed by atoms with Gasteiger partial charge in [0.15, 0.2) is 11.5 Å². The average molecular weight is 434 g/mol. The maximum Gasteiger partial charge on any atom is 0.335 e. The van der Waals surface area contributed by atoms with E-state index in [9.17, 15) is 14.9 Å². The first-order valence-electron chi connectivity index (χ1n) is 10.6. The van der Waals surface area contributed by atoms with Crippen molar-refractivity contribution >= 4 is 18.0 Å². The summed E-state index contributed by atoms with van der Waals surface area (Å²) in [6.07, 6.45) is 6.79. The maximum atomic E-state index is 12.5. The van der Waals surface area contributed by atoms with Crippen LogP contribution in [0.5, 0.6) is 11.5 Å². The molecule has 0 unspecified atom stereocenters. The summed E-state index contributed by atoms with van der Waals surface area (Å²) in [5, 5.41) is 21.5. The van der Waals surface area contributed by atoms with Gasteiger partial charge in [0.25, 0.3) is 5.91 Å². The zero-order valence-corrected chi connectivity index (χ0v) is 18.0. The molecule has 0 aliphatic heterocycles. The zero-order valence-electron chi connectivity index (χ0n) is 18.0. The Kier molecular flexibility index (Phi) is 7.87. The second kappa shape index (κ2) is 11.0. The summed E-state index contributed by atoms with van der Waals surface area (Å²) in [7, 11) is 1.50. The molecule has 32 heavy (non-hydrogen) atoms. The lowest BCUT2D eigenvalue weighted by Crippen LogP contribution is -2.36. The zero-order chi connectivity index (χ0) is 22.9. The van der Waals surface area contributed by atoms with Crippen LogP contribution in [0, 0.1) is 11.3 Å². The van der Waals surface area contributed by atoms with Crippen LogP contribution < -0.4 is 14.8 Å². The number of carbonyl (C=O) groups is 2. The van der Waals surface area contributed by atoms with Crippen LogP contribution in [0.1, 0.15) is 53.6 Å². The summed E-state index contributed by atoms with van der Waals surface area (Å²) in [6, 6.07) is 13.7. The number of nitrogens with zero attached hydrogens (tertiary/aromatic N) is 1. The lowest BCUT2D eigenvalue weighted by atomic mass is 9.95. The highest BCUT2D eigenvalue weighted by molar-refractivity contribution is 6.01. The molecule has 3 rings (SSSR count). The van der Waals surface area contributed by atoms with Crippen molar-refractivity contribution in [3.8, 4) is 17.6 Å². The third-order valence-corrected chi connectivity index (χ3v) is 5.37. The number of benzene rings is 2. The fraction of sp³-hybridized carbons (Fsp3) is 0.320. The van der Waals surface area contributed by atoms with E-state index in [2.05, 4.69) is 5.32 Å². The van der Waals surface area contributed by atoms with Gasteiger partial charge in [0.1, 0.15) is 18.2 Å². The van der Waals surface area contributed by atoms with E-state index >= 15 is 0 Å². The molecule has 1 aliphatic carbocycles. The van der Waals surface area contributed by atoms with Crippen LogP contribution in [0.25, 0.3) is 6.08 Å². The number of aromatic carboxylic acids is 1. The number of nitrogens with one attached hydrogen (secondary N) is 1. The van der Waals surface area contributed by atoms with Crippen molar-refractivity contribution in [3.05, 3.63) is 64.7 Å². The molecular formula is C25H26N2O5. The third kappa shape index (κ3) is 6.11. The van der Waals surface area contributed by atoms with Crippen molar-refractivity contribution in [1.29, 1.82) is 5.26 Å². The Morgan fingerprint density at radius 1 is 1.16 bits per heavy atom. The number of ether oxygens (including phenoxy) is 2. The van der Waals surface area contributed by atoms with E-state index in [0.29, 0.717) is 22.6 Å². The third-order valence-electron chi connectivity index (χ3n) is 5.37. The number of amides is 1. The molecule has 0 heterocycles. The number of nitriles is 1. The maximum absolute atomic E-state index is 12.5. The van der Waals surface area contributed by atoms with Crippen LogP contribution in [-0.4, -0.2) is 30.1 Å². The van der Waals surface area contributed by atoms with E-state index in [1.54, 1.807) is 36.4 Å². The predicted octanol–water partition coefficient (Wildman–Crippen LogP) is 4.33. The minimum atomic E-state index is -0.999. The lowest BCUT2D eigenvalue weighted by Gasteiger charge is -2.22. The van der Waals surface area contributed by atoms with E-state index < -0.39 is 5.97 Å². The molecule has 0 saturated heterocycles. The molecule has 166 valence electrons. The van der Waals surface area contributed by atoms with Crippen molar-refractivity contribution < 1.29 is 24.2 Å². The van der Waals surface area contributed by atoms with Gasteiger partial charge in [-0.1, -0.05) is 37.5 Å². The molecule has 2 aromatic carbocycles. The number of rotatable bonds is 8. The second-order valence-corrected chi connectivity index (χ2v) is 7.68. The molecule has 1 amide bonds. The monoisotopic (exact) mass is 434 g/mol. The van der Waals surface area contributed by atoms with Crippen molar-refractivity contribution in [2.75, 3.05) is 7.11 Å². The first-order chi connectivity index (χ1) is 15.5. The average Bonchev–Trinajstić information content (AvgIpc) is 2.82. The molecule has 1 fully saturated rings. The Labute approximate surface area is 187 Å². The SMILES string of the molecule is COc1cc(/C=C(\C#N)C(=O)NC2CCCCC2)ccc1OCc1cccc(C(=O)O)c1. The first kappa shape index (κ1) is 22.9. The number of carboxylic acids is 1. The van der Waals surface area contributed by atoms with E-state index in [4.69, 9.17) is 14.6 Å². The van der Waals surface area contributed by atoms with Gasteiger partial charge < -0.3 is 19.9 Å². The highest BCUT2D eigenvalue weighted by Crippen LogP contribution is 2.30.